The van der Waals surface area contributed by atoms with Crippen LogP contribution in [0.25, 0.3) is 11.3 Å². The van der Waals surface area contributed by atoms with Crippen molar-refractivity contribution in [3.05, 3.63) is 72.2 Å². The van der Waals surface area contributed by atoms with Crippen LogP contribution >= 0.6 is 0 Å². The molecule has 0 atom stereocenters. The van der Waals surface area contributed by atoms with E-state index in [1.54, 1.807) is 25.3 Å². The van der Waals surface area contributed by atoms with Crippen molar-refractivity contribution in [1.29, 1.82) is 0 Å². The number of aryl methyl sites for hydroxylation is 1. The second kappa shape index (κ2) is 5.71. The molecule has 3 rings (SSSR count). The van der Waals surface area contributed by atoms with Gasteiger partial charge in [0, 0.05) is 17.4 Å². The zero-order valence-electron chi connectivity index (χ0n) is 11.5. The molecule has 0 amide bonds. The Morgan fingerprint density at radius 3 is 2.57 bits per heavy atom. The van der Waals surface area contributed by atoms with Crippen LogP contribution in [0.4, 0.5) is 16.0 Å². The van der Waals surface area contributed by atoms with Gasteiger partial charge in [-0.25, -0.2) is 14.4 Å². The van der Waals surface area contributed by atoms with E-state index in [2.05, 4.69) is 15.3 Å². The second-order valence-corrected chi connectivity index (χ2v) is 4.72. The Kier molecular flexibility index (Phi) is 3.60. The summed E-state index contributed by atoms with van der Waals surface area (Å²) in [7, 11) is 0. The van der Waals surface area contributed by atoms with Gasteiger partial charge < -0.3 is 5.32 Å². The number of nitrogens with one attached hydrogen (secondary N) is 1. The fourth-order valence-electron chi connectivity index (χ4n) is 1.99. The summed E-state index contributed by atoms with van der Waals surface area (Å²) < 4.78 is 13.5. The number of hydrogen-bond acceptors (Lipinski definition) is 3. The molecular weight excluding hydrogens is 265 g/mol. The molecular formula is C17H14FN3. The Balaban J connectivity index is 1.88. The first-order chi connectivity index (χ1) is 10.2. The summed E-state index contributed by atoms with van der Waals surface area (Å²) in [4.78, 5) is 8.61. The normalized spacial score (nSPS) is 10.4. The minimum atomic E-state index is -0.251. The van der Waals surface area contributed by atoms with Gasteiger partial charge in [-0.05, 0) is 30.7 Å². The predicted octanol–water partition coefficient (Wildman–Crippen LogP) is 4.33. The van der Waals surface area contributed by atoms with Gasteiger partial charge in [-0.15, -0.1) is 0 Å². The van der Waals surface area contributed by atoms with Gasteiger partial charge >= 0.3 is 0 Å². The Hall–Kier alpha value is -2.75. The summed E-state index contributed by atoms with van der Waals surface area (Å²) in [5.74, 6) is 0.193. The van der Waals surface area contributed by atoms with E-state index in [0.29, 0.717) is 17.2 Å². The van der Waals surface area contributed by atoms with Gasteiger partial charge in [-0.3, -0.25) is 0 Å². The SMILES string of the molecule is Cc1ccc(Nc2nccc(-c3ccccc3)n2)cc1F. The van der Waals surface area contributed by atoms with Crippen LogP contribution in [0.1, 0.15) is 5.56 Å². The highest BCUT2D eigenvalue weighted by molar-refractivity contribution is 5.61. The van der Waals surface area contributed by atoms with Crippen molar-refractivity contribution in [2.45, 2.75) is 6.92 Å². The van der Waals surface area contributed by atoms with Crippen LogP contribution in [0.5, 0.6) is 0 Å². The van der Waals surface area contributed by atoms with Crippen molar-refractivity contribution < 1.29 is 4.39 Å². The fraction of sp³-hybridized carbons (Fsp3) is 0.0588. The maximum atomic E-state index is 13.5. The van der Waals surface area contributed by atoms with Crippen molar-refractivity contribution in [1.82, 2.24) is 9.97 Å². The van der Waals surface area contributed by atoms with Crippen LogP contribution in [-0.2, 0) is 0 Å². The van der Waals surface area contributed by atoms with Gasteiger partial charge in [0.2, 0.25) is 5.95 Å². The van der Waals surface area contributed by atoms with Crippen LogP contribution in [0.3, 0.4) is 0 Å². The summed E-state index contributed by atoms with van der Waals surface area (Å²) in [6.45, 7) is 1.73. The fourth-order valence-corrected chi connectivity index (χ4v) is 1.99. The van der Waals surface area contributed by atoms with Crippen molar-refractivity contribution in [2.75, 3.05) is 5.32 Å². The maximum Gasteiger partial charge on any atom is 0.227 e. The van der Waals surface area contributed by atoms with E-state index in [9.17, 15) is 4.39 Å². The van der Waals surface area contributed by atoms with Gasteiger partial charge in [0.15, 0.2) is 0 Å². The number of rotatable bonds is 3. The summed E-state index contributed by atoms with van der Waals surface area (Å²) in [5, 5.41) is 3.02. The van der Waals surface area contributed by atoms with Crippen LogP contribution in [-0.4, -0.2) is 9.97 Å². The van der Waals surface area contributed by atoms with Crippen molar-refractivity contribution in [2.24, 2.45) is 0 Å². The molecule has 0 saturated carbocycles. The Morgan fingerprint density at radius 2 is 1.81 bits per heavy atom. The summed E-state index contributed by atoms with van der Waals surface area (Å²) in [5.41, 5.74) is 3.07. The van der Waals surface area contributed by atoms with Crippen LogP contribution in [0.2, 0.25) is 0 Å². The monoisotopic (exact) mass is 279 g/mol. The molecule has 3 nitrogen and oxygen atoms in total. The molecule has 1 heterocycles. The molecule has 3 aromatic rings. The molecule has 0 spiro atoms. The first-order valence-electron chi connectivity index (χ1n) is 6.64. The third-order valence-electron chi connectivity index (χ3n) is 3.15. The number of nitrogens with zero attached hydrogens (tertiary/aromatic N) is 2. The molecule has 0 saturated heterocycles. The number of anilines is 2. The first-order valence-corrected chi connectivity index (χ1v) is 6.64. The molecule has 0 fully saturated rings. The number of halogens is 1. The molecule has 0 aliphatic heterocycles. The number of aromatic nitrogens is 2. The lowest BCUT2D eigenvalue weighted by Crippen LogP contribution is -1.98. The van der Waals surface area contributed by atoms with E-state index in [1.165, 1.54) is 6.07 Å². The van der Waals surface area contributed by atoms with Crippen molar-refractivity contribution in [3.63, 3.8) is 0 Å². The highest BCUT2D eigenvalue weighted by Gasteiger charge is 2.04. The van der Waals surface area contributed by atoms with Gasteiger partial charge in [-0.2, -0.15) is 0 Å². The molecule has 4 heteroatoms. The molecule has 1 aromatic heterocycles. The molecule has 0 aliphatic rings. The van der Waals surface area contributed by atoms with E-state index in [0.717, 1.165) is 11.3 Å². The molecule has 0 bridgehead atoms. The van der Waals surface area contributed by atoms with Crippen molar-refractivity contribution >= 4 is 11.6 Å². The molecule has 2 aromatic carbocycles. The zero-order valence-corrected chi connectivity index (χ0v) is 11.5. The highest BCUT2D eigenvalue weighted by Crippen LogP contribution is 2.20. The third-order valence-corrected chi connectivity index (χ3v) is 3.15. The molecule has 104 valence electrons. The van der Waals surface area contributed by atoms with E-state index < -0.39 is 0 Å². The van der Waals surface area contributed by atoms with Crippen LogP contribution < -0.4 is 5.32 Å². The molecule has 21 heavy (non-hydrogen) atoms. The average Bonchev–Trinajstić information content (AvgIpc) is 2.52. The van der Waals surface area contributed by atoms with Gasteiger partial charge in [0.1, 0.15) is 5.82 Å². The summed E-state index contributed by atoms with van der Waals surface area (Å²) >= 11 is 0. The molecule has 1 N–H and O–H groups in total. The van der Waals surface area contributed by atoms with E-state index in [-0.39, 0.29) is 5.82 Å². The summed E-state index contributed by atoms with van der Waals surface area (Å²) in [6, 6.07) is 16.6. The predicted molar refractivity (Wildman–Crippen MR) is 81.9 cm³/mol. The van der Waals surface area contributed by atoms with Gasteiger partial charge in [0.05, 0.1) is 5.69 Å². The van der Waals surface area contributed by atoms with Crippen LogP contribution in [0.15, 0.2) is 60.8 Å². The Labute approximate surface area is 122 Å². The quantitative estimate of drug-likeness (QED) is 0.775. The van der Waals surface area contributed by atoms with Gasteiger partial charge in [-0.1, -0.05) is 36.4 Å². The lowest BCUT2D eigenvalue weighted by Gasteiger charge is -2.07. The highest BCUT2D eigenvalue weighted by atomic mass is 19.1. The number of benzene rings is 2. The molecule has 0 radical (unpaired) electrons. The zero-order chi connectivity index (χ0) is 14.7. The largest absolute Gasteiger partial charge is 0.324 e. The lowest BCUT2D eigenvalue weighted by atomic mass is 10.1. The number of hydrogen-bond donors (Lipinski definition) is 1. The maximum absolute atomic E-state index is 13.5. The lowest BCUT2D eigenvalue weighted by molar-refractivity contribution is 0.619. The standard InChI is InChI=1S/C17H14FN3/c1-12-7-8-14(11-15(12)18)20-17-19-10-9-16(21-17)13-5-3-2-4-6-13/h2-11H,1H3,(H,19,20,21). The average molecular weight is 279 g/mol. The van der Waals surface area contributed by atoms with E-state index in [1.807, 2.05) is 36.4 Å². The smallest absolute Gasteiger partial charge is 0.227 e. The Bertz CT molecular complexity index is 757. The minimum absolute atomic E-state index is 0.251. The minimum Gasteiger partial charge on any atom is -0.324 e. The summed E-state index contributed by atoms with van der Waals surface area (Å²) in [6.07, 6.45) is 1.68. The van der Waals surface area contributed by atoms with E-state index >= 15 is 0 Å². The van der Waals surface area contributed by atoms with Gasteiger partial charge in [0.25, 0.3) is 0 Å². The first kappa shape index (κ1) is 13.2. The van der Waals surface area contributed by atoms with Crippen molar-refractivity contribution in [3.8, 4) is 11.3 Å². The molecule has 0 unspecified atom stereocenters. The third kappa shape index (κ3) is 3.05. The van der Waals surface area contributed by atoms with E-state index in [4.69, 9.17) is 0 Å². The Morgan fingerprint density at radius 1 is 1.00 bits per heavy atom. The van der Waals surface area contributed by atoms with Crippen LogP contribution in [0, 0.1) is 12.7 Å². The second-order valence-electron chi connectivity index (χ2n) is 4.72. The topological polar surface area (TPSA) is 37.8 Å². The molecule has 0 aliphatic carbocycles.